The van der Waals surface area contributed by atoms with Crippen LogP contribution < -0.4 is 4.72 Å². The minimum absolute atomic E-state index is 0.0884. The Bertz CT molecular complexity index is 445. The van der Waals surface area contributed by atoms with Gasteiger partial charge in [-0.2, -0.15) is 0 Å². The molecule has 4 nitrogen and oxygen atoms in total. The highest BCUT2D eigenvalue weighted by Crippen LogP contribution is 2.24. The molecule has 0 heterocycles. The lowest BCUT2D eigenvalue weighted by Gasteiger charge is -2.10. The lowest BCUT2D eigenvalue weighted by atomic mass is 10.2. The molecule has 6 heteroatoms. The molecule has 0 saturated carbocycles. The average Bonchev–Trinajstić information content (AvgIpc) is 2.21. The molecule has 0 spiro atoms. The first kappa shape index (κ1) is 12.6. The Kier molecular flexibility index (Phi) is 4.27. The molecular formula is C9H12BrNO3S. The van der Waals surface area contributed by atoms with Crippen molar-refractivity contribution in [1.82, 2.24) is 4.72 Å². The summed E-state index contributed by atoms with van der Waals surface area (Å²) < 4.78 is 26.2. The number of nitrogens with one attached hydrogen (secondary N) is 1. The second kappa shape index (κ2) is 5.07. The summed E-state index contributed by atoms with van der Waals surface area (Å²) in [6, 6.07) is 4.91. The molecular weight excluding hydrogens is 282 g/mol. The number of aliphatic hydroxyl groups excluding tert-OH is 1. The van der Waals surface area contributed by atoms with Crippen LogP contribution >= 0.6 is 15.9 Å². The zero-order chi connectivity index (χ0) is 11.5. The first-order chi connectivity index (χ1) is 7.03. The van der Waals surface area contributed by atoms with Crippen molar-refractivity contribution < 1.29 is 13.5 Å². The highest BCUT2D eigenvalue weighted by Gasteiger charge is 2.17. The molecule has 1 aromatic rings. The molecule has 0 aromatic heterocycles. The van der Waals surface area contributed by atoms with E-state index in [1.807, 2.05) is 0 Å². The first-order valence-corrected chi connectivity index (χ1v) is 6.62. The summed E-state index contributed by atoms with van der Waals surface area (Å²) in [6.07, 6.45) is 0.303. The third-order valence-corrected chi connectivity index (χ3v) is 4.24. The van der Waals surface area contributed by atoms with E-state index in [0.29, 0.717) is 16.5 Å². The standard InChI is InChI=1S/C9H12BrNO3S/c1-11-15(13,14)9-4-2-3-8(10)7(9)5-6-12/h2-4,11-12H,5-6H2,1H3. The zero-order valence-electron chi connectivity index (χ0n) is 8.20. The van der Waals surface area contributed by atoms with E-state index in [4.69, 9.17) is 5.11 Å². The van der Waals surface area contributed by atoms with Gasteiger partial charge in [0.2, 0.25) is 10.0 Å². The van der Waals surface area contributed by atoms with Gasteiger partial charge in [0.15, 0.2) is 0 Å². The third-order valence-electron chi connectivity index (χ3n) is 2.00. The molecule has 1 aromatic carbocycles. The predicted octanol–water partition coefficient (Wildman–Crippen LogP) is 0.892. The Morgan fingerprint density at radius 2 is 2.13 bits per heavy atom. The van der Waals surface area contributed by atoms with Crippen LogP contribution in [0, 0.1) is 0 Å². The normalized spacial score (nSPS) is 11.7. The Morgan fingerprint density at radius 1 is 1.47 bits per heavy atom. The summed E-state index contributed by atoms with van der Waals surface area (Å²) >= 11 is 3.27. The molecule has 15 heavy (non-hydrogen) atoms. The van der Waals surface area contributed by atoms with Gasteiger partial charge in [0.05, 0.1) is 4.90 Å². The second-order valence-electron chi connectivity index (χ2n) is 2.90. The maximum Gasteiger partial charge on any atom is 0.240 e. The van der Waals surface area contributed by atoms with Crippen molar-refractivity contribution in [3.05, 3.63) is 28.2 Å². The van der Waals surface area contributed by atoms with Gasteiger partial charge in [-0.25, -0.2) is 13.1 Å². The number of rotatable bonds is 4. The Labute approximate surface area is 97.5 Å². The monoisotopic (exact) mass is 293 g/mol. The van der Waals surface area contributed by atoms with E-state index in [2.05, 4.69) is 20.7 Å². The number of hydrogen-bond donors (Lipinski definition) is 2. The van der Waals surface area contributed by atoms with Crippen LogP contribution in [0.3, 0.4) is 0 Å². The maximum absolute atomic E-state index is 11.6. The van der Waals surface area contributed by atoms with Crippen LogP contribution in [0.5, 0.6) is 0 Å². The van der Waals surface area contributed by atoms with E-state index in [-0.39, 0.29) is 11.5 Å². The summed E-state index contributed by atoms with van der Waals surface area (Å²) in [4.78, 5) is 0.202. The first-order valence-electron chi connectivity index (χ1n) is 4.34. The molecule has 0 fully saturated rings. The fourth-order valence-corrected chi connectivity index (χ4v) is 2.96. The van der Waals surface area contributed by atoms with Crippen LogP contribution in [0.15, 0.2) is 27.6 Å². The van der Waals surface area contributed by atoms with Gasteiger partial charge in [-0.15, -0.1) is 0 Å². The van der Waals surface area contributed by atoms with Crippen molar-refractivity contribution in [2.24, 2.45) is 0 Å². The average molecular weight is 294 g/mol. The summed E-state index contributed by atoms with van der Waals surface area (Å²) in [5.41, 5.74) is 0.592. The van der Waals surface area contributed by atoms with Crippen LogP contribution in [0.4, 0.5) is 0 Å². The molecule has 0 amide bonds. The topological polar surface area (TPSA) is 66.4 Å². The van der Waals surface area contributed by atoms with E-state index in [1.165, 1.54) is 13.1 Å². The van der Waals surface area contributed by atoms with E-state index in [1.54, 1.807) is 12.1 Å². The summed E-state index contributed by atoms with van der Waals surface area (Å²) in [7, 11) is -2.10. The van der Waals surface area contributed by atoms with Gasteiger partial charge in [-0.3, -0.25) is 0 Å². The lowest BCUT2D eigenvalue weighted by molar-refractivity contribution is 0.298. The third kappa shape index (κ3) is 2.78. The SMILES string of the molecule is CNS(=O)(=O)c1cccc(Br)c1CCO. The Morgan fingerprint density at radius 3 is 2.67 bits per heavy atom. The number of halogens is 1. The highest BCUT2D eigenvalue weighted by atomic mass is 79.9. The zero-order valence-corrected chi connectivity index (χ0v) is 10.6. The van der Waals surface area contributed by atoms with Crippen LogP contribution in [0.2, 0.25) is 0 Å². The fourth-order valence-electron chi connectivity index (χ4n) is 1.26. The maximum atomic E-state index is 11.6. The van der Waals surface area contributed by atoms with E-state index in [0.717, 1.165) is 0 Å². The van der Waals surface area contributed by atoms with Crippen molar-refractivity contribution in [3.8, 4) is 0 Å². The molecule has 0 unspecified atom stereocenters. The molecule has 0 atom stereocenters. The van der Waals surface area contributed by atoms with E-state index >= 15 is 0 Å². The van der Waals surface area contributed by atoms with Crippen molar-refractivity contribution in [2.45, 2.75) is 11.3 Å². The molecule has 0 radical (unpaired) electrons. The van der Waals surface area contributed by atoms with E-state index in [9.17, 15) is 8.42 Å². The second-order valence-corrected chi connectivity index (χ2v) is 5.61. The number of hydrogen-bond acceptors (Lipinski definition) is 3. The van der Waals surface area contributed by atoms with Gasteiger partial charge < -0.3 is 5.11 Å². The van der Waals surface area contributed by atoms with Crippen molar-refractivity contribution >= 4 is 26.0 Å². The number of sulfonamides is 1. The Hall–Kier alpha value is -0.430. The molecule has 0 bridgehead atoms. The minimum Gasteiger partial charge on any atom is -0.396 e. The van der Waals surface area contributed by atoms with Crippen LogP contribution in [0.1, 0.15) is 5.56 Å². The number of benzene rings is 1. The van der Waals surface area contributed by atoms with Gasteiger partial charge in [0.1, 0.15) is 0 Å². The molecule has 0 saturated heterocycles. The van der Waals surface area contributed by atoms with Gasteiger partial charge in [0.25, 0.3) is 0 Å². The largest absolute Gasteiger partial charge is 0.396 e. The fraction of sp³-hybridized carbons (Fsp3) is 0.333. The van der Waals surface area contributed by atoms with Gasteiger partial charge >= 0.3 is 0 Å². The molecule has 0 aliphatic carbocycles. The van der Waals surface area contributed by atoms with Gasteiger partial charge in [0, 0.05) is 11.1 Å². The summed E-state index contributed by atoms with van der Waals surface area (Å²) in [5, 5.41) is 8.87. The quantitative estimate of drug-likeness (QED) is 0.867. The summed E-state index contributed by atoms with van der Waals surface area (Å²) in [6.45, 7) is -0.0884. The predicted molar refractivity (Wildman–Crippen MR) is 61.2 cm³/mol. The van der Waals surface area contributed by atoms with Gasteiger partial charge in [-0.1, -0.05) is 22.0 Å². The summed E-state index contributed by atoms with van der Waals surface area (Å²) in [5.74, 6) is 0. The highest BCUT2D eigenvalue weighted by molar-refractivity contribution is 9.10. The molecule has 1 rings (SSSR count). The molecule has 84 valence electrons. The smallest absolute Gasteiger partial charge is 0.240 e. The minimum atomic E-state index is -3.46. The van der Waals surface area contributed by atoms with Crippen molar-refractivity contribution in [2.75, 3.05) is 13.7 Å². The van der Waals surface area contributed by atoms with E-state index < -0.39 is 10.0 Å². The molecule has 2 N–H and O–H groups in total. The van der Waals surface area contributed by atoms with Crippen LogP contribution in [-0.4, -0.2) is 27.2 Å². The Balaban J connectivity index is 3.35. The van der Waals surface area contributed by atoms with Crippen molar-refractivity contribution in [3.63, 3.8) is 0 Å². The number of aliphatic hydroxyl groups is 1. The van der Waals surface area contributed by atoms with Crippen LogP contribution in [-0.2, 0) is 16.4 Å². The molecule has 0 aliphatic heterocycles. The van der Waals surface area contributed by atoms with Crippen molar-refractivity contribution in [1.29, 1.82) is 0 Å². The lowest BCUT2D eigenvalue weighted by Crippen LogP contribution is -2.20. The van der Waals surface area contributed by atoms with Crippen LogP contribution in [0.25, 0.3) is 0 Å². The van der Waals surface area contributed by atoms with Gasteiger partial charge in [-0.05, 0) is 31.2 Å². The molecule has 0 aliphatic rings.